The first-order valence-corrected chi connectivity index (χ1v) is 5.50. The Morgan fingerprint density at radius 2 is 2.29 bits per heavy atom. The van der Waals surface area contributed by atoms with E-state index in [2.05, 4.69) is 5.32 Å². The van der Waals surface area contributed by atoms with Crippen molar-refractivity contribution in [2.45, 2.75) is 13.8 Å². The largest absolute Gasteiger partial charge is 0.491 e. The molecule has 0 fully saturated rings. The number of halogens is 1. The van der Waals surface area contributed by atoms with Crippen LogP contribution in [0.4, 0.5) is 10.1 Å². The Bertz CT molecular complexity index is 396. The third kappa shape index (κ3) is 3.94. The summed E-state index contributed by atoms with van der Waals surface area (Å²) in [5.74, 6) is -0.891. The molecule has 1 rings (SSSR count). The number of amides is 1. The van der Waals surface area contributed by atoms with Crippen molar-refractivity contribution < 1.29 is 13.9 Å². The van der Waals surface area contributed by atoms with E-state index in [4.69, 9.17) is 10.5 Å². The minimum Gasteiger partial charge on any atom is -0.491 e. The molecule has 0 heterocycles. The normalized spacial score (nSPS) is 11.9. The molecule has 0 aromatic heterocycles. The number of hydrogen-bond acceptors (Lipinski definition) is 3. The van der Waals surface area contributed by atoms with E-state index in [1.54, 1.807) is 26.0 Å². The van der Waals surface area contributed by atoms with Crippen LogP contribution in [-0.2, 0) is 4.79 Å². The number of nitrogens with two attached hydrogens (primary N) is 1. The molecule has 0 saturated carbocycles. The van der Waals surface area contributed by atoms with Gasteiger partial charge in [0, 0.05) is 18.3 Å². The van der Waals surface area contributed by atoms with Crippen LogP contribution in [0, 0.1) is 11.7 Å². The lowest BCUT2D eigenvalue weighted by atomic mass is 10.1. The molecule has 1 aromatic rings. The van der Waals surface area contributed by atoms with E-state index in [-0.39, 0.29) is 17.6 Å². The maximum atomic E-state index is 13.5. The third-order valence-electron chi connectivity index (χ3n) is 2.33. The van der Waals surface area contributed by atoms with Crippen LogP contribution in [0.2, 0.25) is 0 Å². The van der Waals surface area contributed by atoms with E-state index in [0.29, 0.717) is 18.8 Å². The number of carbonyl (C=O) groups is 1. The van der Waals surface area contributed by atoms with Gasteiger partial charge in [-0.25, -0.2) is 4.39 Å². The molecule has 0 aliphatic rings. The molecule has 0 saturated heterocycles. The fourth-order valence-corrected chi connectivity index (χ4v) is 1.25. The van der Waals surface area contributed by atoms with Crippen molar-refractivity contribution in [2.75, 3.05) is 18.5 Å². The van der Waals surface area contributed by atoms with Crippen molar-refractivity contribution in [3.63, 3.8) is 0 Å². The zero-order valence-corrected chi connectivity index (χ0v) is 10.00. The van der Waals surface area contributed by atoms with Crippen LogP contribution in [0.3, 0.4) is 0 Å². The molecule has 4 nitrogen and oxygen atoms in total. The molecule has 94 valence electrons. The van der Waals surface area contributed by atoms with Crippen LogP contribution >= 0.6 is 0 Å². The van der Waals surface area contributed by atoms with E-state index in [1.165, 1.54) is 6.07 Å². The Morgan fingerprint density at radius 3 is 2.82 bits per heavy atom. The highest BCUT2D eigenvalue weighted by atomic mass is 19.1. The van der Waals surface area contributed by atoms with Crippen molar-refractivity contribution in [2.24, 2.45) is 11.7 Å². The number of rotatable bonds is 6. The molecule has 0 aliphatic heterocycles. The number of benzene rings is 1. The first-order valence-electron chi connectivity index (χ1n) is 5.50. The summed E-state index contributed by atoms with van der Waals surface area (Å²) in [7, 11) is 0. The molecule has 5 heteroatoms. The number of anilines is 1. The Morgan fingerprint density at radius 1 is 1.59 bits per heavy atom. The molecular weight excluding hydrogens is 223 g/mol. The first-order chi connectivity index (χ1) is 8.04. The summed E-state index contributed by atoms with van der Waals surface area (Å²) in [5, 5.41) is 2.94. The van der Waals surface area contributed by atoms with E-state index < -0.39 is 5.82 Å². The van der Waals surface area contributed by atoms with E-state index in [1.807, 2.05) is 0 Å². The minimum atomic E-state index is -0.427. The van der Waals surface area contributed by atoms with Gasteiger partial charge in [-0.2, -0.15) is 0 Å². The molecule has 1 aromatic carbocycles. The Labute approximate surface area is 100.0 Å². The summed E-state index contributed by atoms with van der Waals surface area (Å²) >= 11 is 0. The molecular formula is C12H17FN2O2. The van der Waals surface area contributed by atoms with Crippen molar-refractivity contribution in [1.82, 2.24) is 0 Å². The fourth-order valence-electron chi connectivity index (χ4n) is 1.25. The molecule has 1 amide bonds. The van der Waals surface area contributed by atoms with Gasteiger partial charge in [-0.15, -0.1) is 0 Å². The molecule has 1 unspecified atom stereocenters. The predicted molar refractivity (Wildman–Crippen MR) is 64.4 cm³/mol. The molecule has 3 N–H and O–H groups in total. The van der Waals surface area contributed by atoms with Gasteiger partial charge in [-0.3, -0.25) is 4.79 Å². The lowest BCUT2D eigenvalue weighted by Gasteiger charge is -2.11. The van der Waals surface area contributed by atoms with Crippen molar-refractivity contribution in [1.29, 1.82) is 0 Å². The second kappa shape index (κ2) is 6.08. The molecule has 0 bridgehead atoms. The average molecular weight is 240 g/mol. The van der Waals surface area contributed by atoms with Gasteiger partial charge in [0.15, 0.2) is 11.6 Å². The van der Waals surface area contributed by atoms with Gasteiger partial charge >= 0.3 is 0 Å². The van der Waals surface area contributed by atoms with Gasteiger partial charge in [0.25, 0.3) is 0 Å². The van der Waals surface area contributed by atoms with Gasteiger partial charge < -0.3 is 15.8 Å². The summed E-state index contributed by atoms with van der Waals surface area (Å²) < 4.78 is 18.5. The van der Waals surface area contributed by atoms with Gasteiger partial charge in [-0.05, 0) is 19.1 Å². The van der Waals surface area contributed by atoms with E-state index >= 15 is 0 Å². The Balaban J connectivity index is 2.61. The zero-order chi connectivity index (χ0) is 12.8. The highest BCUT2D eigenvalue weighted by molar-refractivity contribution is 5.76. The second-order valence-corrected chi connectivity index (χ2v) is 3.76. The van der Waals surface area contributed by atoms with Crippen LogP contribution < -0.4 is 15.8 Å². The number of nitrogens with one attached hydrogen (secondary N) is 1. The fraction of sp³-hybridized carbons (Fsp3) is 0.417. The lowest BCUT2D eigenvalue weighted by Crippen LogP contribution is -2.26. The number of hydrogen-bond donors (Lipinski definition) is 2. The maximum absolute atomic E-state index is 13.5. The number of ether oxygens (including phenoxy) is 1. The third-order valence-corrected chi connectivity index (χ3v) is 2.33. The molecule has 0 spiro atoms. The smallest absolute Gasteiger partial charge is 0.222 e. The number of carbonyl (C=O) groups excluding carboxylic acids is 1. The van der Waals surface area contributed by atoms with Gasteiger partial charge in [0.1, 0.15) is 0 Å². The summed E-state index contributed by atoms with van der Waals surface area (Å²) in [6.07, 6.45) is 0. The van der Waals surface area contributed by atoms with Crippen molar-refractivity contribution >= 4 is 11.6 Å². The molecule has 0 radical (unpaired) electrons. The number of primary amides is 1. The molecule has 0 aliphatic carbocycles. The van der Waals surface area contributed by atoms with E-state index in [9.17, 15) is 9.18 Å². The maximum Gasteiger partial charge on any atom is 0.222 e. The second-order valence-electron chi connectivity index (χ2n) is 3.76. The summed E-state index contributed by atoms with van der Waals surface area (Å²) in [6.45, 7) is 4.30. The summed E-state index contributed by atoms with van der Waals surface area (Å²) in [4.78, 5) is 10.8. The first kappa shape index (κ1) is 13.3. The van der Waals surface area contributed by atoms with E-state index in [0.717, 1.165) is 0 Å². The minimum absolute atomic E-state index is 0.223. The van der Waals surface area contributed by atoms with Crippen LogP contribution in [0.25, 0.3) is 0 Å². The molecule has 1 atom stereocenters. The Kier molecular flexibility index (Phi) is 4.75. The van der Waals surface area contributed by atoms with Crippen molar-refractivity contribution in [3.05, 3.63) is 24.0 Å². The summed E-state index contributed by atoms with van der Waals surface area (Å²) in [5.41, 5.74) is 5.72. The van der Waals surface area contributed by atoms with Gasteiger partial charge in [0.05, 0.1) is 12.5 Å². The van der Waals surface area contributed by atoms with Crippen LogP contribution in [0.5, 0.6) is 5.75 Å². The molecule has 17 heavy (non-hydrogen) atoms. The topological polar surface area (TPSA) is 64.3 Å². The SMILES string of the molecule is CCOc1ccc(NCC(C)C(N)=O)cc1F. The van der Waals surface area contributed by atoms with Gasteiger partial charge in [-0.1, -0.05) is 6.92 Å². The van der Waals surface area contributed by atoms with Crippen LogP contribution in [-0.4, -0.2) is 19.1 Å². The van der Waals surface area contributed by atoms with Crippen LogP contribution in [0.1, 0.15) is 13.8 Å². The monoisotopic (exact) mass is 240 g/mol. The highest BCUT2D eigenvalue weighted by Crippen LogP contribution is 2.21. The standard InChI is InChI=1S/C12H17FN2O2/c1-3-17-11-5-4-9(6-10(11)13)15-7-8(2)12(14)16/h4-6,8,15H,3,7H2,1-2H3,(H2,14,16). The quantitative estimate of drug-likeness (QED) is 0.796. The highest BCUT2D eigenvalue weighted by Gasteiger charge is 2.09. The summed E-state index contributed by atoms with van der Waals surface area (Å²) in [6, 6.07) is 4.58. The average Bonchev–Trinajstić information content (AvgIpc) is 2.29. The van der Waals surface area contributed by atoms with Crippen LogP contribution in [0.15, 0.2) is 18.2 Å². The van der Waals surface area contributed by atoms with Gasteiger partial charge in [0.2, 0.25) is 5.91 Å². The predicted octanol–water partition coefficient (Wildman–Crippen LogP) is 1.76. The lowest BCUT2D eigenvalue weighted by molar-refractivity contribution is -0.120. The Hall–Kier alpha value is -1.78. The zero-order valence-electron chi connectivity index (χ0n) is 10.00. The van der Waals surface area contributed by atoms with Crippen molar-refractivity contribution in [3.8, 4) is 5.75 Å².